The van der Waals surface area contributed by atoms with Crippen LogP contribution in [-0.2, 0) is 16.4 Å². The molecule has 4 rings (SSSR count). The first-order chi connectivity index (χ1) is 13.1. The minimum Gasteiger partial charge on any atom is -0.479 e. The summed E-state index contributed by atoms with van der Waals surface area (Å²) in [5.74, 6) is 0.900. The van der Waals surface area contributed by atoms with Gasteiger partial charge < -0.3 is 14.6 Å². The van der Waals surface area contributed by atoms with Crippen molar-refractivity contribution >= 4 is 20.7 Å². The smallest absolute Gasteiger partial charge is 0.238 e. The third kappa shape index (κ3) is 3.33. The van der Waals surface area contributed by atoms with Gasteiger partial charge in [0.2, 0.25) is 15.7 Å². The predicted octanol–water partition coefficient (Wildman–Crippen LogP) is 2.88. The van der Waals surface area contributed by atoms with Crippen molar-refractivity contribution in [3.8, 4) is 5.88 Å². The molecule has 1 aliphatic rings. The van der Waals surface area contributed by atoms with Crippen LogP contribution in [0.2, 0.25) is 0 Å². The fraction of sp³-hybridized carbons (Fsp3) is 0.350. The van der Waals surface area contributed by atoms with Crippen LogP contribution >= 0.6 is 0 Å². The van der Waals surface area contributed by atoms with E-state index in [1.165, 1.54) is 0 Å². The minimum absolute atomic E-state index is 0.291. The number of nitrogens with zero attached hydrogens (tertiary/aromatic N) is 2. The number of hydrogen-bond acceptors (Lipinski definition) is 5. The molecule has 1 N–H and O–H groups in total. The summed E-state index contributed by atoms with van der Waals surface area (Å²) in [5.41, 5.74) is 0.736. The van der Waals surface area contributed by atoms with Gasteiger partial charge in [0.25, 0.3) is 0 Å². The molecule has 1 saturated heterocycles. The maximum Gasteiger partial charge on any atom is 0.238 e. The summed E-state index contributed by atoms with van der Waals surface area (Å²) in [6.45, 7) is 2.71. The highest BCUT2D eigenvalue weighted by atomic mass is 32.2. The number of rotatable bonds is 5. The fourth-order valence-electron chi connectivity index (χ4n) is 3.78. The summed E-state index contributed by atoms with van der Waals surface area (Å²) in [5, 5.41) is 4.06. The number of benzene rings is 1. The van der Waals surface area contributed by atoms with Crippen LogP contribution < -0.4 is 10.1 Å². The molecule has 0 amide bonds. The number of ether oxygens (including phenoxy) is 1. The molecule has 6 nitrogen and oxygen atoms in total. The van der Waals surface area contributed by atoms with Crippen molar-refractivity contribution in [2.75, 3.05) is 20.2 Å². The summed E-state index contributed by atoms with van der Waals surface area (Å²) in [6, 6.07) is 10.3. The molecule has 1 fully saturated rings. The molecule has 0 radical (unpaired) electrons. The van der Waals surface area contributed by atoms with Crippen molar-refractivity contribution in [3.63, 3.8) is 0 Å². The van der Waals surface area contributed by atoms with E-state index in [1.807, 2.05) is 10.6 Å². The highest BCUT2D eigenvalue weighted by molar-refractivity contribution is 7.91. The molecule has 7 heteroatoms. The maximum absolute atomic E-state index is 13.3. The number of methoxy groups -OCH3 is 1. The molecule has 0 bridgehead atoms. The van der Waals surface area contributed by atoms with Crippen LogP contribution in [0.1, 0.15) is 12.8 Å². The number of piperidine rings is 1. The van der Waals surface area contributed by atoms with Gasteiger partial charge >= 0.3 is 0 Å². The van der Waals surface area contributed by atoms with Crippen LogP contribution in [0.5, 0.6) is 5.88 Å². The second-order valence-electron chi connectivity index (χ2n) is 6.89. The lowest BCUT2D eigenvalue weighted by molar-refractivity contribution is 0.338. The highest BCUT2D eigenvalue weighted by Crippen LogP contribution is 2.34. The van der Waals surface area contributed by atoms with Gasteiger partial charge in [-0.05, 0) is 50.0 Å². The van der Waals surface area contributed by atoms with Crippen molar-refractivity contribution in [3.05, 3.63) is 48.8 Å². The molecule has 0 saturated carbocycles. The van der Waals surface area contributed by atoms with E-state index in [-0.39, 0.29) is 0 Å². The van der Waals surface area contributed by atoms with Gasteiger partial charge in [-0.3, -0.25) is 0 Å². The summed E-state index contributed by atoms with van der Waals surface area (Å²) in [6.07, 6.45) is 5.59. The van der Waals surface area contributed by atoms with E-state index >= 15 is 0 Å². The second-order valence-corrected chi connectivity index (χ2v) is 8.81. The standard InChI is InChI=1S/C20H23N3O3S/c1-26-20-19-17(9-11-22-20)18(27(24,25)16-7-3-2-4-8-16)14-23(19)13-15-6-5-10-21-12-15/h2-4,7-9,11,14-15,21H,5-6,10,12-13H2,1H3. The first-order valence-electron chi connectivity index (χ1n) is 9.14. The Balaban J connectivity index is 1.86. The zero-order valence-corrected chi connectivity index (χ0v) is 16.1. The molecule has 1 aliphatic heterocycles. The number of hydrogen-bond donors (Lipinski definition) is 1. The van der Waals surface area contributed by atoms with Gasteiger partial charge in [-0.25, -0.2) is 13.4 Å². The van der Waals surface area contributed by atoms with Gasteiger partial charge in [0.15, 0.2) is 0 Å². The van der Waals surface area contributed by atoms with Crippen LogP contribution in [0.4, 0.5) is 0 Å². The van der Waals surface area contributed by atoms with Gasteiger partial charge in [0.1, 0.15) is 5.52 Å². The summed E-state index contributed by atoms with van der Waals surface area (Å²) >= 11 is 0. The quantitative estimate of drug-likeness (QED) is 0.731. The Kier molecular flexibility index (Phi) is 4.88. The molecule has 0 aliphatic carbocycles. The number of aromatic nitrogens is 2. The Morgan fingerprint density at radius 1 is 1.26 bits per heavy atom. The summed E-state index contributed by atoms with van der Waals surface area (Å²) < 4.78 is 34.0. The lowest BCUT2D eigenvalue weighted by Crippen LogP contribution is -2.32. The Morgan fingerprint density at radius 3 is 2.78 bits per heavy atom. The van der Waals surface area contributed by atoms with E-state index in [4.69, 9.17) is 4.74 Å². The van der Waals surface area contributed by atoms with Crippen LogP contribution in [-0.4, -0.2) is 38.2 Å². The minimum atomic E-state index is -3.63. The number of pyridine rings is 1. The predicted molar refractivity (Wildman–Crippen MR) is 104 cm³/mol. The van der Waals surface area contributed by atoms with Gasteiger partial charge in [-0.2, -0.15) is 0 Å². The molecule has 2 aromatic heterocycles. The molecule has 1 unspecified atom stereocenters. The molecular formula is C20H23N3O3S. The second kappa shape index (κ2) is 7.32. The Labute approximate surface area is 159 Å². The fourth-order valence-corrected chi connectivity index (χ4v) is 5.27. The molecule has 1 atom stereocenters. The molecule has 0 spiro atoms. The van der Waals surface area contributed by atoms with Crippen molar-refractivity contribution in [2.24, 2.45) is 5.92 Å². The lowest BCUT2D eigenvalue weighted by atomic mass is 10.00. The highest BCUT2D eigenvalue weighted by Gasteiger charge is 2.26. The molecule has 1 aromatic carbocycles. The van der Waals surface area contributed by atoms with Crippen LogP contribution in [0, 0.1) is 5.92 Å². The van der Waals surface area contributed by atoms with Crippen LogP contribution in [0.3, 0.4) is 0 Å². The van der Waals surface area contributed by atoms with Gasteiger partial charge in [-0.15, -0.1) is 0 Å². The van der Waals surface area contributed by atoms with Crippen LogP contribution in [0.25, 0.3) is 10.9 Å². The number of sulfone groups is 1. The third-order valence-corrected chi connectivity index (χ3v) is 6.90. The Bertz CT molecular complexity index is 1040. The average Bonchev–Trinajstić information content (AvgIpc) is 3.09. The van der Waals surface area contributed by atoms with Crippen molar-refractivity contribution in [1.29, 1.82) is 0 Å². The normalized spacial score (nSPS) is 17.9. The van der Waals surface area contributed by atoms with E-state index in [0.29, 0.717) is 27.0 Å². The van der Waals surface area contributed by atoms with Crippen molar-refractivity contribution < 1.29 is 13.2 Å². The zero-order chi connectivity index (χ0) is 18.9. The third-order valence-electron chi connectivity index (χ3n) is 5.11. The topological polar surface area (TPSA) is 73.2 Å². The largest absolute Gasteiger partial charge is 0.479 e. The van der Waals surface area contributed by atoms with E-state index in [2.05, 4.69) is 10.3 Å². The Morgan fingerprint density at radius 2 is 2.07 bits per heavy atom. The first kappa shape index (κ1) is 18.0. The Hall–Kier alpha value is -2.38. The van der Waals surface area contributed by atoms with Crippen molar-refractivity contribution in [1.82, 2.24) is 14.9 Å². The average molecular weight is 385 g/mol. The SMILES string of the molecule is COc1nccc2c(S(=O)(=O)c3ccccc3)cn(CC3CCCNC3)c12. The summed E-state index contributed by atoms with van der Waals surface area (Å²) in [4.78, 5) is 4.88. The zero-order valence-electron chi connectivity index (χ0n) is 15.3. The van der Waals surface area contributed by atoms with Gasteiger partial charge in [-0.1, -0.05) is 18.2 Å². The van der Waals surface area contributed by atoms with Gasteiger partial charge in [0, 0.05) is 24.3 Å². The molecular weight excluding hydrogens is 362 g/mol. The molecule has 3 aromatic rings. The monoisotopic (exact) mass is 385 g/mol. The van der Waals surface area contributed by atoms with Crippen LogP contribution in [0.15, 0.2) is 58.6 Å². The van der Waals surface area contributed by atoms with E-state index in [1.54, 1.807) is 49.8 Å². The van der Waals surface area contributed by atoms with E-state index in [9.17, 15) is 8.42 Å². The lowest BCUT2D eigenvalue weighted by Gasteiger charge is -2.23. The van der Waals surface area contributed by atoms with E-state index in [0.717, 1.165) is 38.0 Å². The van der Waals surface area contributed by atoms with Crippen molar-refractivity contribution in [2.45, 2.75) is 29.2 Å². The van der Waals surface area contributed by atoms with Gasteiger partial charge in [0.05, 0.1) is 16.9 Å². The summed E-state index contributed by atoms with van der Waals surface area (Å²) in [7, 11) is -2.07. The first-order valence-corrected chi connectivity index (χ1v) is 10.6. The maximum atomic E-state index is 13.3. The number of fused-ring (bicyclic) bond motifs is 1. The number of nitrogens with one attached hydrogen (secondary N) is 1. The molecule has 27 heavy (non-hydrogen) atoms. The molecule has 3 heterocycles. The molecule has 142 valence electrons. The van der Waals surface area contributed by atoms with E-state index < -0.39 is 9.84 Å².